The van der Waals surface area contributed by atoms with E-state index in [4.69, 9.17) is 5.11 Å². The number of nitrogens with one attached hydrogen (secondary N) is 1. The van der Waals surface area contributed by atoms with Crippen LogP contribution in [0.4, 0.5) is 0 Å². The third kappa shape index (κ3) is 2.84. The Hall–Kier alpha value is -0.830. The maximum absolute atomic E-state index is 8.74. The van der Waals surface area contributed by atoms with Crippen molar-refractivity contribution in [3.8, 4) is 0 Å². The summed E-state index contributed by atoms with van der Waals surface area (Å²) in [5.41, 5.74) is 2.27. The Morgan fingerprint density at radius 2 is 2.15 bits per heavy atom. The molecule has 0 aromatic carbocycles. The quantitative estimate of drug-likeness (QED) is 0.740. The number of hydrogen-bond donors (Lipinski definition) is 2. The number of aliphatic hydroxyl groups excluding tert-OH is 1. The fourth-order valence-corrected chi connectivity index (χ4v) is 1.37. The number of aromatic nitrogens is 2. The summed E-state index contributed by atoms with van der Waals surface area (Å²) >= 11 is 0. The molecule has 0 aliphatic rings. The predicted molar refractivity (Wildman–Crippen MR) is 52.7 cm³/mol. The first-order chi connectivity index (χ1) is 6.13. The van der Waals surface area contributed by atoms with Crippen molar-refractivity contribution in [3.05, 3.63) is 17.2 Å². The highest BCUT2D eigenvalue weighted by Gasteiger charge is 2.07. The summed E-state index contributed by atoms with van der Waals surface area (Å²) in [6, 6.07) is 0. The number of aliphatic hydroxyl groups is 1. The minimum atomic E-state index is 0.161. The number of rotatable bonds is 4. The SMILES string of the molecule is Cc1[nH]c(CCO)nc1CC(C)C. The van der Waals surface area contributed by atoms with Gasteiger partial charge in [-0.3, -0.25) is 0 Å². The van der Waals surface area contributed by atoms with Crippen molar-refractivity contribution >= 4 is 0 Å². The fourth-order valence-electron chi connectivity index (χ4n) is 1.37. The lowest BCUT2D eigenvalue weighted by atomic mass is 10.1. The number of aromatic amines is 1. The van der Waals surface area contributed by atoms with Crippen molar-refractivity contribution in [1.29, 1.82) is 0 Å². The van der Waals surface area contributed by atoms with Crippen LogP contribution in [0.1, 0.15) is 31.1 Å². The van der Waals surface area contributed by atoms with Gasteiger partial charge in [0.2, 0.25) is 0 Å². The number of hydrogen-bond acceptors (Lipinski definition) is 2. The molecule has 0 fully saturated rings. The van der Waals surface area contributed by atoms with E-state index in [0.717, 1.165) is 23.6 Å². The van der Waals surface area contributed by atoms with Crippen molar-refractivity contribution in [2.75, 3.05) is 6.61 Å². The van der Waals surface area contributed by atoms with Crippen molar-refractivity contribution in [2.45, 2.75) is 33.6 Å². The molecule has 0 saturated heterocycles. The zero-order valence-electron chi connectivity index (χ0n) is 8.59. The molecule has 0 spiro atoms. The number of aryl methyl sites for hydroxylation is 1. The van der Waals surface area contributed by atoms with Crippen LogP contribution in [0.15, 0.2) is 0 Å². The first kappa shape index (κ1) is 10.3. The van der Waals surface area contributed by atoms with Crippen LogP contribution in [0.2, 0.25) is 0 Å². The summed E-state index contributed by atoms with van der Waals surface area (Å²) in [6.45, 7) is 6.55. The van der Waals surface area contributed by atoms with Crippen LogP contribution >= 0.6 is 0 Å². The summed E-state index contributed by atoms with van der Waals surface area (Å²) in [5.74, 6) is 1.53. The highest BCUT2D eigenvalue weighted by atomic mass is 16.3. The van der Waals surface area contributed by atoms with E-state index in [0.29, 0.717) is 12.3 Å². The lowest BCUT2D eigenvalue weighted by Gasteiger charge is -2.00. The van der Waals surface area contributed by atoms with Gasteiger partial charge < -0.3 is 10.1 Å². The van der Waals surface area contributed by atoms with E-state index in [1.807, 2.05) is 6.92 Å². The van der Waals surface area contributed by atoms with Crippen molar-refractivity contribution < 1.29 is 5.11 Å². The summed E-state index contributed by atoms with van der Waals surface area (Å²) in [6.07, 6.45) is 1.63. The Morgan fingerprint density at radius 1 is 1.46 bits per heavy atom. The maximum atomic E-state index is 8.74. The highest BCUT2D eigenvalue weighted by Crippen LogP contribution is 2.10. The van der Waals surface area contributed by atoms with Gasteiger partial charge in [-0.15, -0.1) is 0 Å². The molecule has 74 valence electrons. The van der Waals surface area contributed by atoms with Gasteiger partial charge in [0, 0.05) is 12.1 Å². The zero-order chi connectivity index (χ0) is 9.84. The third-order valence-electron chi connectivity index (χ3n) is 1.98. The molecular formula is C10H18N2O. The molecule has 0 aliphatic heterocycles. The van der Waals surface area contributed by atoms with Gasteiger partial charge in [0.25, 0.3) is 0 Å². The standard InChI is InChI=1S/C10H18N2O/c1-7(2)6-9-8(3)11-10(12-9)4-5-13/h7,13H,4-6H2,1-3H3,(H,11,12). The molecule has 2 N–H and O–H groups in total. The lowest BCUT2D eigenvalue weighted by molar-refractivity contribution is 0.297. The molecule has 1 aromatic heterocycles. The molecule has 3 heteroatoms. The smallest absolute Gasteiger partial charge is 0.108 e. The first-order valence-electron chi connectivity index (χ1n) is 4.78. The Balaban J connectivity index is 2.71. The zero-order valence-corrected chi connectivity index (χ0v) is 8.59. The van der Waals surface area contributed by atoms with Crippen LogP contribution in [0, 0.1) is 12.8 Å². The highest BCUT2D eigenvalue weighted by molar-refractivity contribution is 5.13. The second-order valence-electron chi connectivity index (χ2n) is 3.83. The third-order valence-corrected chi connectivity index (χ3v) is 1.98. The molecule has 1 aromatic rings. The average Bonchev–Trinajstić information content (AvgIpc) is 2.31. The molecule has 13 heavy (non-hydrogen) atoms. The first-order valence-corrected chi connectivity index (χ1v) is 4.78. The van der Waals surface area contributed by atoms with Gasteiger partial charge in [0.05, 0.1) is 12.3 Å². The normalized spacial score (nSPS) is 11.2. The van der Waals surface area contributed by atoms with Crippen molar-refractivity contribution in [3.63, 3.8) is 0 Å². The molecule has 1 rings (SSSR count). The second kappa shape index (κ2) is 4.42. The van der Waals surface area contributed by atoms with E-state index in [-0.39, 0.29) is 6.61 Å². The summed E-state index contributed by atoms with van der Waals surface area (Å²) in [4.78, 5) is 7.60. The lowest BCUT2D eigenvalue weighted by Crippen LogP contribution is -1.97. The summed E-state index contributed by atoms with van der Waals surface area (Å²) in [7, 11) is 0. The molecule has 0 radical (unpaired) electrons. The predicted octanol–water partition coefficient (Wildman–Crippen LogP) is 1.45. The Bertz CT molecular complexity index is 266. The Labute approximate surface area is 79.2 Å². The molecular weight excluding hydrogens is 164 g/mol. The summed E-state index contributed by atoms with van der Waals surface area (Å²) in [5, 5.41) is 8.74. The van der Waals surface area contributed by atoms with Crippen LogP contribution in [-0.2, 0) is 12.8 Å². The maximum Gasteiger partial charge on any atom is 0.108 e. The van der Waals surface area contributed by atoms with Crippen LogP contribution in [0.5, 0.6) is 0 Å². The topological polar surface area (TPSA) is 48.9 Å². The van der Waals surface area contributed by atoms with Crippen LogP contribution in [0.3, 0.4) is 0 Å². The molecule has 1 heterocycles. The molecule has 0 aliphatic carbocycles. The van der Waals surface area contributed by atoms with E-state index in [1.165, 1.54) is 0 Å². The molecule has 0 unspecified atom stereocenters. The van der Waals surface area contributed by atoms with E-state index >= 15 is 0 Å². The van der Waals surface area contributed by atoms with Gasteiger partial charge in [-0.2, -0.15) is 0 Å². The molecule has 0 saturated carbocycles. The van der Waals surface area contributed by atoms with Gasteiger partial charge in [0.15, 0.2) is 0 Å². The molecule has 0 amide bonds. The van der Waals surface area contributed by atoms with Crippen LogP contribution < -0.4 is 0 Å². The Kier molecular flexibility index (Phi) is 3.48. The second-order valence-corrected chi connectivity index (χ2v) is 3.83. The molecule has 0 bridgehead atoms. The monoisotopic (exact) mass is 182 g/mol. The van der Waals surface area contributed by atoms with Gasteiger partial charge in [0.1, 0.15) is 5.82 Å². The van der Waals surface area contributed by atoms with Crippen LogP contribution in [0.25, 0.3) is 0 Å². The molecule has 0 atom stereocenters. The van der Waals surface area contributed by atoms with Gasteiger partial charge >= 0.3 is 0 Å². The van der Waals surface area contributed by atoms with Gasteiger partial charge in [-0.1, -0.05) is 13.8 Å². The van der Waals surface area contributed by atoms with Gasteiger partial charge in [-0.25, -0.2) is 4.98 Å². The van der Waals surface area contributed by atoms with Crippen LogP contribution in [-0.4, -0.2) is 21.7 Å². The molecule has 3 nitrogen and oxygen atoms in total. The van der Waals surface area contributed by atoms with E-state index in [1.54, 1.807) is 0 Å². The minimum Gasteiger partial charge on any atom is -0.396 e. The fraction of sp³-hybridized carbons (Fsp3) is 0.700. The largest absolute Gasteiger partial charge is 0.396 e. The number of H-pyrrole nitrogens is 1. The van der Waals surface area contributed by atoms with E-state index in [9.17, 15) is 0 Å². The summed E-state index contributed by atoms with van der Waals surface area (Å²) < 4.78 is 0. The number of imidazole rings is 1. The average molecular weight is 182 g/mol. The van der Waals surface area contributed by atoms with Crippen molar-refractivity contribution in [2.24, 2.45) is 5.92 Å². The van der Waals surface area contributed by atoms with Gasteiger partial charge in [-0.05, 0) is 19.3 Å². The minimum absolute atomic E-state index is 0.161. The van der Waals surface area contributed by atoms with Crippen molar-refractivity contribution in [1.82, 2.24) is 9.97 Å². The van der Waals surface area contributed by atoms with E-state index in [2.05, 4.69) is 23.8 Å². The Morgan fingerprint density at radius 3 is 2.69 bits per heavy atom. The number of nitrogens with zero attached hydrogens (tertiary/aromatic N) is 1. The van der Waals surface area contributed by atoms with E-state index < -0.39 is 0 Å².